The van der Waals surface area contributed by atoms with E-state index in [1.165, 1.54) is 22.8 Å². The molecule has 7 unspecified atom stereocenters. The van der Waals surface area contributed by atoms with E-state index in [0.717, 1.165) is 0 Å². The number of nitrogens with one attached hydrogen (secondary N) is 3. The van der Waals surface area contributed by atoms with Crippen molar-refractivity contribution >= 4 is 41.5 Å². The number of carbonyl (C=O) groups is 6. The number of carboxylic acid groups (broad SMARTS) is 1. The van der Waals surface area contributed by atoms with Gasteiger partial charge in [-0.25, -0.2) is 4.79 Å². The molecular weight excluding hydrogens is 616 g/mol. The van der Waals surface area contributed by atoms with E-state index in [9.17, 15) is 33.9 Å². The highest BCUT2D eigenvalue weighted by Crippen LogP contribution is 2.26. The molecule has 0 aromatic carbocycles. The Morgan fingerprint density at radius 3 is 2.17 bits per heavy atom. The molecule has 2 fully saturated rings. The molecule has 13 N–H and O–H groups in total. The third-order valence-electron chi connectivity index (χ3n) is 8.37. The predicted molar refractivity (Wildman–Crippen MR) is 171 cm³/mol. The lowest BCUT2D eigenvalue weighted by Crippen LogP contribution is -2.63. The number of piperidine rings is 1. The number of allylic oxidation sites excluding steroid dienone is 1. The number of hydrogen-bond donors (Lipinski definition) is 9. The molecule has 18 nitrogen and oxygen atoms in total. The van der Waals surface area contributed by atoms with Gasteiger partial charge >= 0.3 is 5.97 Å². The van der Waals surface area contributed by atoms with Crippen LogP contribution in [0.5, 0.6) is 0 Å². The molecule has 2 saturated heterocycles. The summed E-state index contributed by atoms with van der Waals surface area (Å²) in [6, 6.07) is -6.43. The summed E-state index contributed by atoms with van der Waals surface area (Å²) in [5.41, 5.74) is 22.8. The van der Waals surface area contributed by atoms with Crippen LogP contribution >= 0.6 is 0 Å². The lowest BCUT2D eigenvalue weighted by Gasteiger charge is -2.40. The highest BCUT2D eigenvalue weighted by Gasteiger charge is 2.43. The molecule has 0 aromatic rings. The topological polar surface area (TPSA) is 302 Å². The molecule has 0 bridgehead atoms. The lowest BCUT2D eigenvalue weighted by molar-refractivity contribution is -0.151. The first-order chi connectivity index (χ1) is 22.1. The van der Waals surface area contributed by atoms with Gasteiger partial charge in [-0.05, 0) is 58.3 Å². The molecular formula is C29H50N10O8. The fraction of sp³-hybridized carbons (Fsp3) is 0.690. The first-order valence-corrected chi connectivity index (χ1v) is 15.7. The average Bonchev–Trinajstić information content (AvgIpc) is 3.53. The van der Waals surface area contributed by atoms with Gasteiger partial charge in [-0.2, -0.15) is 0 Å². The second-order valence-electron chi connectivity index (χ2n) is 11.9. The molecule has 2 heterocycles. The van der Waals surface area contributed by atoms with Gasteiger partial charge in [-0.3, -0.25) is 29.0 Å². The van der Waals surface area contributed by atoms with Crippen molar-refractivity contribution in [1.82, 2.24) is 25.8 Å². The SMILES string of the molecule is CC=C(NC(=O)C1CCCN1C(=O)C1CCCCN1C(=O)C(NC(=O)C(N)C(C)CCN=C(N)N)C(C)N)C(=O)NC(CO)C(=O)O. The Labute approximate surface area is 273 Å². The molecule has 0 aromatic heterocycles. The van der Waals surface area contributed by atoms with E-state index in [2.05, 4.69) is 20.9 Å². The maximum Gasteiger partial charge on any atom is 0.328 e. The van der Waals surface area contributed by atoms with Crippen molar-refractivity contribution in [1.29, 1.82) is 0 Å². The van der Waals surface area contributed by atoms with Crippen LogP contribution in [-0.4, -0.2) is 124 Å². The largest absolute Gasteiger partial charge is 0.480 e. The second kappa shape index (κ2) is 18.2. The van der Waals surface area contributed by atoms with Gasteiger partial charge in [0.15, 0.2) is 12.0 Å². The van der Waals surface area contributed by atoms with Crippen molar-refractivity contribution in [3.8, 4) is 0 Å². The van der Waals surface area contributed by atoms with Crippen molar-refractivity contribution in [2.75, 3.05) is 26.2 Å². The minimum absolute atomic E-state index is 0.0794. The number of nitrogens with zero attached hydrogens (tertiary/aromatic N) is 3. The third kappa shape index (κ3) is 10.6. The van der Waals surface area contributed by atoms with Crippen molar-refractivity contribution in [2.24, 2.45) is 33.8 Å². The average molecular weight is 667 g/mol. The van der Waals surface area contributed by atoms with Crippen LogP contribution in [0.25, 0.3) is 0 Å². The molecule has 47 heavy (non-hydrogen) atoms. The van der Waals surface area contributed by atoms with E-state index in [0.29, 0.717) is 38.5 Å². The molecule has 0 saturated carbocycles. The Kier molecular flexibility index (Phi) is 15.0. The van der Waals surface area contributed by atoms with Crippen LogP contribution in [0, 0.1) is 5.92 Å². The Hall–Kier alpha value is -4.29. The Morgan fingerprint density at radius 2 is 1.60 bits per heavy atom. The summed E-state index contributed by atoms with van der Waals surface area (Å²) in [6.45, 7) is 4.66. The summed E-state index contributed by atoms with van der Waals surface area (Å²) in [5, 5.41) is 25.6. The zero-order valence-corrected chi connectivity index (χ0v) is 27.2. The van der Waals surface area contributed by atoms with E-state index in [1.807, 2.05) is 0 Å². The number of carbonyl (C=O) groups excluding carboxylic acids is 5. The van der Waals surface area contributed by atoms with Gasteiger partial charge in [-0.1, -0.05) is 13.0 Å². The molecule has 264 valence electrons. The van der Waals surface area contributed by atoms with E-state index >= 15 is 0 Å². The first kappa shape index (κ1) is 38.9. The first-order valence-electron chi connectivity index (χ1n) is 15.7. The number of guanidine groups is 1. The molecule has 5 amide bonds. The van der Waals surface area contributed by atoms with Crippen LogP contribution in [0.3, 0.4) is 0 Å². The number of amides is 5. The van der Waals surface area contributed by atoms with Crippen molar-refractivity contribution < 1.29 is 39.0 Å². The fourth-order valence-corrected chi connectivity index (χ4v) is 5.53. The number of rotatable bonds is 15. The van der Waals surface area contributed by atoms with Crippen LogP contribution in [0.1, 0.15) is 59.3 Å². The van der Waals surface area contributed by atoms with Crippen molar-refractivity contribution in [2.45, 2.75) is 95.5 Å². The normalized spacial score (nSPS) is 21.4. The number of hydrogen-bond acceptors (Lipinski definition) is 10. The predicted octanol–water partition coefficient (Wildman–Crippen LogP) is -3.60. The lowest BCUT2D eigenvalue weighted by atomic mass is 9.96. The van der Waals surface area contributed by atoms with Crippen LogP contribution in [0.15, 0.2) is 16.8 Å². The molecule has 2 aliphatic rings. The number of aliphatic hydroxyl groups is 1. The Bertz CT molecular complexity index is 1220. The van der Waals surface area contributed by atoms with E-state index in [-0.39, 0.29) is 37.2 Å². The summed E-state index contributed by atoms with van der Waals surface area (Å²) >= 11 is 0. The maximum absolute atomic E-state index is 13.9. The Morgan fingerprint density at radius 1 is 0.957 bits per heavy atom. The quantitative estimate of drug-likeness (QED) is 0.0465. The van der Waals surface area contributed by atoms with Crippen LogP contribution in [-0.2, 0) is 28.8 Å². The molecule has 0 aliphatic carbocycles. The number of aliphatic imine (C=N–C) groups is 1. The third-order valence-corrected chi connectivity index (χ3v) is 8.37. The van der Waals surface area contributed by atoms with Gasteiger partial charge in [0.2, 0.25) is 23.6 Å². The number of nitrogens with two attached hydrogens (primary N) is 4. The second-order valence-corrected chi connectivity index (χ2v) is 11.9. The monoisotopic (exact) mass is 666 g/mol. The molecule has 18 heteroatoms. The van der Waals surface area contributed by atoms with Crippen molar-refractivity contribution in [3.63, 3.8) is 0 Å². The minimum Gasteiger partial charge on any atom is -0.480 e. The number of aliphatic hydroxyl groups excluding tert-OH is 1. The summed E-state index contributed by atoms with van der Waals surface area (Å²) in [4.78, 5) is 84.6. The maximum atomic E-state index is 13.9. The molecule has 7 atom stereocenters. The summed E-state index contributed by atoms with van der Waals surface area (Å²) in [6.07, 6.45) is 4.07. The highest BCUT2D eigenvalue weighted by atomic mass is 16.4. The fourth-order valence-electron chi connectivity index (χ4n) is 5.53. The van der Waals surface area contributed by atoms with E-state index < -0.39 is 78.4 Å². The summed E-state index contributed by atoms with van der Waals surface area (Å²) in [5.74, 6) is -5.03. The number of likely N-dealkylation sites (tertiary alicyclic amines) is 2. The number of aliphatic carboxylic acids is 1. The smallest absolute Gasteiger partial charge is 0.328 e. The number of carboxylic acids is 1. The molecule has 2 rings (SSSR count). The van der Waals surface area contributed by atoms with E-state index in [4.69, 9.17) is 28.0 Å². The van der Waals surface area contributed by atoms with Crippen LogP contribution in [0.4, 0.5) is 0 Å². The van der Waals surface area contributed by atoms with Gasteiger partial charge in [0, 0.05) is 25.7 Å². The van der Waals surface area contributed by atoms with Gasteiger partial charge in [0.25, 0.3) is 5.91 Å². The standard InChI is InChI=1S/C29H50N10O8/c1-4-17(23(41)36-18(14-40)28(46)47)35-24(42)19-9-7-13-38(19)26(44)20-8-5-6-12-39(20)27(45)22(16(3)30)37-25(43)21(31)15(2)10-11-34-29(32)33/h4,15-16,18-22,40H,5-14,30-31H2,1-3H3,(H,35,42)(H,36,41)(H,37,43)(H,46,47)(H4,32,33,34). The summed E-state index contributed by atoms with van der Waals surface area (Å²) < 4.78 is 0. The van der Waals surface area contributed by atoms with Crippen LogP contribution in [0.2, 0.25) is 0 Å². The molecule has 0 radical (unpaired) electrons. The van der Waals surface area contributed by atoms with Gasteiger partial charge in [-0.15, -0.1) is 0 Å². The zero-order valence-electron chi connectivity index (χ0n) is 27.2. The molecule has 2 aliphatic heterocycles. The van der Waals surface area contributed by atoms with Crippen LogP contribution < -0.4 is 38.9 Å². The van der Waals surface area contributed by atoms with Gasteiger partial charge in [0.05, 0.1) is 12.6 Å². The van der Waals surface area contributed by atoms with E-state index in [1.54, 1.807) is 13.8 Å². The zero-order chi connectivity index (χ0) is 35.4. The van der Waals surface area contributed by atoms with Crippen molar-refractivity contribution in [3.05, 3.63) is 11.8 Å². The summed E-state index contributed by atoms with van der Waals surface area (Å²) in [7, 11) is 0. The molecule has 0 spiro atoms. The Balaban J connectivity index is 2.17. The minimum atomic E-state index is -1.58. The van der Waals surface area contributed by atoms with Gasteiger partial charge < -0.3 is 58.9 Å². The van der Waals surface area contributed by atoms with Gasteiger partial charge in [0.1, 0.15) is 23.8 Å². The highest BCUT2D eigenvalue weighted by molar-refractivity contribution is 6.01.